The standard InChI is InChI=1S/C16H23NOS/c1-17(15-8-3-2-4-9-15)13-16-14(10-12-19-16)7-5-6-11-18/h10,12,15,18H,2-4,6,8-9,11,13H2,1H3. The molecule has 104 valence electrons. The molecule has 1 aliphatic carbocycles. The predicted octanol–water partition coefficient (Wildman–Crippen LogP) is 3.25. The minimum Gasteiger partial charge on any atom is -0.395 e. The summed E-state index contributed by atoms with van der Waals surface area (Å²) in [5.74, 6) is 6.20. The Hall–Kier alpha value is -0.820. The van der Waals surface area contributed by atoms with Gasteiger partial charge in [0.1, 0.15) is 0 Å². The summed E-state index contributed by atoms with van der Waals surface area (Å²) in [7, 11) is 2.24. The maximum Gasteiger partial charge on any atom is 0.0540 e. The van der Waals surface area contributed by atoms with Crippen molar-refractivity contribution >= 4 is 11.3 Å². The zero-order valence-electron chi connectivity index (χ0n) is 11.7. The van der Waals surface area contributed by atoms with Crippen molar-refractivity contribution in [2.75, 3.05) is 13.7 Å². The lowest BCUT2D eigenvalue weighted by Crippen LogP contribution is -2.32. The highest BCUT2D eigenvalue weighted by Gasteiger charge is 2.18. The van der Waals surface area contributed by atoms with Crippen LogP contribution in [0, 0.1) is 11.8 Å². The molecule has 2 rings (SSSR count). The average Bonchev–Trinajstić information content (AvgIpc) is 2.87. The minimum atomic E-state index is 0.147. The van der Waals surface area contributed by atoms with Gasteiger partial charge in [-0.05, 0) is 31.3 Å². The van der Waals surface area contributed by atoms with Gasteiger partial charge in [-0.3, -0.25) is 4.90 Å². The van der Waals surface area contributed by atoms with Crippen LogP contribution in [0.4, 0.5) is 0 Å². The Balaban J connectivity index is 1.95. The predicted molar refractivity (Wildman–Crippen MR) is 81.2 cm³/mol. The second-order valence-corrected chi connectivity index (χ2v) is 6.24. The zero-order valence-corrected chi connectivity index (χ0v) is 12.5. The van der Waals surface area contributed by atoms with Crippen molar-refractivity contribution < 1.29 is 5.11 Å². The van der Waals surface area contributed by atoms with Gasteiger partial charge < -0.3 is 5.11 Å². The monoisotopic (exact) mass is 277 g/mol. The Kier molecular flexibility index (Phi) is 5.91. The lowest BCUT2D eigenvalue weighted by molar-refractivity contribution is 0.186. The number of hydrogen-bond donors (Lipinski definition) is 1. The number of thiophene rings is 1. The van der Waals surface area contributed by atoms with E-state index in [-0.39, 0.29) is 6.61 Å². The molecule has 0 spiro atoms. The topological polar surface area (TPSA) is 23.5 Å². The Morgan fingerprint density at radius 1 is 1.37 bits per heavy atom. The molecular formula is C16H23NOS. The van der Waals surface area contributed by atoms with Crippen LogP contribution >= 0.6 is 11.3 Å². The Morgan fingerprint density at radius 2 is 2.16 bits per heavy atom. The normalized spacial score (nSPS) is 16.4. The molecule has 1 aromatic heterocycles. The number of aliphatic hydroxyl groups excluding tert-OH is 1. The fourth-order valence-electron chi connectivity index (χ4n) is 2.67. The molecule has 1 aliphatic rings. The van der Waals surface area contributed by atoms with Gasteiger partial charge in [-0.1, -0.05) is 31.1 Å². The van der Waals surface area contributed by atoms with E-state index in [1.165, 1.54) is 37.0 Å². The number of rotatable bonds is 4. The zero-order chi connectivity index (χ0) is 13.5. The van der Waals surface area contributed by atoms with Gasteiger partial charge in [-0.25, -0.2) is 0 Å². The Labute approximate surface area is 120 Å². The first-order valence-electron chi connectivity index (χ1n) is 7.17. The summed E-state index contributed by atoms with van der Waals surface area (Å²) in [5, 5.41) is 10.9. The third-order valence-electron chi connectivity index (χ3n) is 3.80. The second kappa shape index (κ2) is 7.69. The quantitative estimate of drug-likeness (QED) is 0.854. The van der Waals surface area contributed by atoms with Crippen LogP contribution in [0.3, 0.4) is 0 Å². The van der Waals surface area contributed by atoms with Crippen molar-refractivity contribution in [3.05, 3.63) is 21.9 Å². The molecule has 1 aromatic rings. The van der Waals surface area contributed by atoms with Gasteiger partial charge in [-0.2, -0.15) is 0 Å². The smallest absolute Gasteiger partial charge is 0.0540 e. The molecule has 0 atom stereocenters. The van der Waals surface area contributed by atoms with Crippen LogP contribution in [0.25, 0.3) is 0 Å². The van der Waals surface area contributed by atoms with Crippen LogP contribution in [0.5, 0.6) is 0 Å². The lowest BCUT2D eigenvalue weighted by atomic mass is 9.94. The van der Waals surface area contributed by atoms with E-state index in [9.17, 15) is 0 Å². The number of nitrogens with zero attached hydrogens (tertiary/aromatic N) is 1. The van der Waals surface area contributed by atoms with Crippen LogP contribution in [0.15, 0.2) is 11.4 Å². The number of aliphatic hydroxyl groups is 1. The maximum absolute atomic E-state index is 8.77. The fourth-order valence-corrected chi connectivity index (χ4v) is 3.56. The molecule has 1 saturated carbocycles. The van der Waals surface area contributed by atoms with Crippen molar-refractivity contribution in [2.24, 2.45) is 0 Å². The minimum absolute atomic E-state index is 0.147. The highest BCUT2D eigenvalue weighted by Crippen LogP contribution is 2.25. The van der Waals surface area contributed by atoms with Crippen molar-refractivity contribution in [1.82, 2.24) is 4.90 Å². The summed E-state index contributed by atoms with van der Waals surface area (Å²) in [6.07, 6.45) is 7.40. The molecule has 0 bridgehead atoms. The first-order valence-corrected chi connectivity index (χ1v) is 8.05. The maximum atomic E-state index is 8.77. The van der Waals surface area contributed by atoms with Crippen molar-refractivity contribution in [3.8, 4) is 11.8 Å². The molecule has 1 fully saturated rings. The van der Waals surface area contributed by atoms with Crippen LogP contribution in [-0.4, -0.2) is 29.7 Å². The molecule has 1 N–H and O–H groups in total. The molecule has 0 amide bonds. The van der Waals surface area contributed by atoms with Gasteiger partial charge in [-0.15, -0.1) is 11.3 Å². The summed E-state index contributed by atoms with van der Waals surface area (Å²) in [6, 6.07) is 2.84. The Morgan fingerprint density at radius 3 is 2.89 bits per heavy atom. The van der Waals surface area contributed by atoms with Gasteiger partial charge in [0.05, 0.1) is 6.61 Å². The summed E-state index contributed by atoms with van der Waals surface area (Å²) in [5.41, 5.74) is 1.14. The van der Waals surface area contributed by atoms with E-state index in [1.54, 1.807) is 11.3 Å². The van der Waals surface area contributed by atoms with Gasteiger partial charge in [0.25, 0.3) is 0 Å². The van der Waals surface area contributed by atoms with E-state index in [2.05, 4.69) is 35.2 Å². The fraction of sp³-hybridized carbons (Fsp3) is 0.625. The molecule has 19 heavy (non-hydrogen) atoms. The lowest BCUT2D eigenvalue weighted by Gasteiger charge is -2.30. The molecule has 0 saturated heterocycles. The summed E-state index contributed by atoms with van der Waals surface area (Å²) < 4.78 is 0. The van der Waals surface area contributed by atoms with Crippen LogP contribution in [0.1, 0.15) is 49.0 Å². The molecule has 2 nitrogen and oxygen atoms in total. The first-order chi connectivity index (χ1) is 9.31. The Bertz CT molecular complexity index is 437. The van der Waals surface area contributed by atoms with E-state index >= 15 is 0 Å². The van der Waals surface area contributed by atoms with Crippen LogP contribution in [0.2, 0.25) is 0 Å². The van der Waals surface area contributed by atoms with Gasteiger partial charge in [0.2, 0.25) is 0 Å². The molecule has 0 unspecified atom stereocenters. The summed E-state index contributed by atoms with van der Waals surface area (Å²) in [6.45, 7) is 1.15. The highest BCUT2D eigenvalue weighted by molar-refractivity contribution is 7.10. The summed E-state index contributed by atoms with van der Waals surface area (Å²) >= 11 is 1.79. The number of hydrogen-bond acceptors (Lipinski definition) is 3. The van der Waals surface area contributed by atoms with E-state index in [1.807, 2.05) is 0 Å². The third kappa shape index (κ3) is 4.35. The van der Waals surface area contributed by atoms with Gasteiger partial charge in [0.15, 0.2) is 0 Å². The SMILES string of the molecule is CN(Cc1sccc1C#CCCO)C1CCCCC1. The molecule has 0 aromatic carbocycles. The van der Waals surface area contributed by atoms with Crippen LogP contribution in [-0.2, 0) is 6.54 Å². The van der Waals surface area contributed by atoms with Crippen molar-refractivity contribution in [2.45, 2.75) is 51.1 Å². The third-order valence-corrected chi connectivity index (χ3v) is 4.70. The molecule has 3 heteroatoms. The van der Waals surface area contributed by atoms with Gasteiger partial charge >= 0.3 is 0 Å². The molecule has 0 radical (unpaired) electrons. The van der Waals surface area contributed by atoms with E-state index in [0.29, 0.717) is 6.42 Å². The first kappa shape index (κ1) is 14.6. The van der Waals surface area contributed by atoms with E-state index < -0.39 is 0 Å². The van der Waals surface area contributed by atoms with Gasteiger partial charge in [0, 0.05) is 29.4 Å². The molecule has 1 heterocycles. The highest BCUT2D eigenvalue weighted by atomic mass is 32.1. The average molecular weight is 277 g/mol. The van der Waals surface area contributed by atoms with E-state index in [0.717, 1.165) is 18.2 Å². The van der Waals surface area contributed by atoms with Crippen molar-refractivity contribution in [1.29, 1.82) is 0 Å². The molecule has 0 aliphatic heterocycles. The molecular weight excluding hydrogens is 254 g/mol. The van der Waals surface area contributed by atoms with Crippen LogP contribution < -0.4 is 0 Å². The van der Waals surface area contributed by atoms with Crippen molar-refractivity contribution in [3.63, 3.8) is 0 Å². The largest absolute Gasteiger partial charge is 0.395 e. The van der Waals surface area contributed by atoms with E-state index in [4.69, 9.17) is 5.11 Å². The summed E-state index contributed by atoms with van der Waals surface area (Å²) in [4.78, 5) is 3.85. The second-order valence-electron chi connectivity index (χ2n) is 5.24.